The van der Waals surface area contributed by atoms with Crippen molar-refractivity contribution in [2.75, 3.05) is 13.1 Å². The number of fused-ring (bicyclic) bond motifs is 1. The van der Waals surface area contributed by atoms with Crippen molar-refractivity contribution in [3.63, 3.8) is 0 Å². The predicted octanol–water partition coefficient (Wildman–Crippen LogP) is 2.01. The van der Waals surface area contributed by atoms with Gasteiger partial charge in [-0.05, 0) is 36.5 Å². The lowest BCUT2D eigenvalue weighted by molar-refractivity contribution is -0.134. The Hall–Kier alpha value is -1.55. The second kappa shape index (κ2) is 6.06. The van der Waals surface area contributed by atoms with Crippen LogP contribution in [0.15, 0.2) is 24.3 Å². The van der Waals surface area contributed by atoms with E-state index in [0.717, 1.165) is 31.5 Å². The minimum absolute atomic E-state index is 0.146. The van der Waals surface area contributed by atoms with Gasteiger partial charge in [-0.2, -0.15) is 0 Å². The zero-order chi connectivity index (χ0) is 14.8. The highest BCUT2D eigenvalue weighted by molar-refractivity contribution is 6.30. The molecule has 4 nitrogen and oxygen atoms in total. The van der Waals surface area contributed by atoms with Gasteiger partial charge < -0.3 is 10.2 Å². The topological polar surface area (TPSA) is 49.4 Å². The first-order valence-corrected chi connectivity index (χ1v) is 7.81. The van der Waals surface area contributed by atoms with E-state index in [9.17, 15) is 9.59 Å². The van der Waals surface area contributed by atoms with E-state index in [2.05, 4.69) is 5.32 Å². The summed E-state index contributed by atoms with van der Waals surface area (Å²) in [6, 6.07) is 7.70. The molecule has 2 heterocycles. The smallest absolute Gasteiger partial charge is 0.227 e. The van der Waals surface area contributed by atoms with Gasteiger partial charge >= 0.3 is 0 Å². The number of hydrogen-bond donors (Lipinski definition) is 1. The van der Waals surface area contributed by atoms with Crippen molar-refractivity contribution in [2.45, 2.75) is 31.7 Å². The van der Waals surface area contributed by atoms with E-state index in [1.54, 1.807) is 0 Å². The zero-order valence-corrected chi connectivity index (χ0v) is 12.6. The average Bonchev–Trinajstić information content (AvgIpc) is 2.46. The molecule has 0 radical (unpaired) electrons. The van der Waals surface area contributed by atoms with Gasteiger partial charge in [0.15, 0.2) is 0 Å². The average molecular weight is 307 g/mol. The monoisotopic (exact) mass is 306 g/mol. The Morgan fingerprint density at radius 1 is 1.38 bits per heavy atom. The maximum atomic E-state index is 12.4. The van der Waals surface area contributed by atoms with E-state index >= 15 is 0 Å². The quantitative estimate of drug-likeness (QED) is 0.908. The highest BCUT2D eigenvalue weighted by Crippen LogP contribution is 2.25. The fourth-order valence-electron chi connectivity index (χ4n) is 3.27. The van der Waals surface area contributed by atoms with Crippen LogP contribution in [-0.4, -0.2) is 35.8 Å². The summed E-state index contributed by atoms with van der Waals surface area (Å²) < 4.78 is 0. The minimum atomic E-state index is 0.146. The number of benzene rings is 1. The zero-order valence-electron chi connectivity index (χ0n) is 11.8. The van der Waals surface area contributed by atoms with Crippen LogP contribution in [0.2, 0.25) is 5.02 Å². The molecule has 1 N–H and O–H groups in total. The van der Waals surface area contributed by atoms with E-state index in [-0.39, 0.29) is 17.9 Å². The third kappa shape index (κ3) is 3.38. The number of likely N-dealkylation sites (tertiary alicyclic amines) is 1. The largest absolute Gasteiger partial charge is 0.353 e. The summed E-state index contributed by atoms with van der Waals surface area (Å²) in [6.45, 7) is 1.48. The molecule has 0 saturated carbocycles. The van der Waals surface area contributed by atoms with Gasteiger partial charge in [0.1, 0.15) is 0 Å². The molecule has 0 aromatic heterocycles. The first-order valence-electron chi connectivity index (χ1n) is 7.43. The fraction of sp³-hybridized carbons (Fsp3) is 0.500. The first kappa shape index (κ1) is 14.4. The van der Waals surface area contributed by atoms with E-state index in [4.69, 9.17) is 11.6 Å². The normalized spacial score (nSPS) is 25.2. The van der Waals surface area contributed by atoms with Crippen molar-refractivity contribution in [3.05, 3.63) is 34.9 Å². The molecule has 2 amide bonds. The summed E-state index contributed by atoms with van der Waals surface area (Å²) in [6.07, 6.45) is 2.72. The van der Waals surface area contributed by atoms with Gasteiger partial charge in [-0.3, -0.25) is 9.59 Å². The van der Waals surface area contributed by atoms with Crippen LogP contribution in [0, 0.1) is 5.92 Å². The SMILES string of the molecule is O=C1CCC2CN(C(=O)Cc3cccc(Cl)c3)CCC2N1. The standard InChI is InChI=1S/C16H19ClN2O2/c17-13-3-1-2-11(8-13)9-16(21)19-7-6-14-12(10-19)4-5-15(20)18-14/h1-3,8,12,14H,4-7,9-10H2,(H,18,20). The Morgan fingerprint density at radius 2 is 2.24 bits per heavy atom. The molecule has 2 atom stereocenters. The van der Waals surface area contributed by atoms with E-state index < -0.39 is 0 Å². The van der Waals surface area contributed by atoms with Crippen LogP contribution in [0.1, 0.15) is 24.8 Å². The van der Waals surface area contributed by atoms with Crippen LogP contribution < -0.4 is 5.32 Å². The summed E-state index contributed by atoms with van der Waals surface area (Å²) in [5.41, 5.74) is 0.951. The highest BCUT2D eigenvalue weighted by atomic mass is 35.5. The number of halogens is 1. The lowest BCUT2D eigenvalue weighted by Gasteiger charge is -2.41. The predicted molar refractivity (Wildman–Crippen MR) is 81.0 cm³/mol. The Kier molecular flexibility index (Phi) is 4.15. The number of carbonyl (C=O) groups excluding carboxylic acids is 2. The van der Waals surface area contributed by atoms with Crippen molar-refractivity contribution in [2.24, 2.45) is 5.92 Å². The number of piperidine rings is 2. The molecule has 1 aromatic carbocycles. The molecule has 2 aliphatic rings. The summed E-state index contributed by atoms with van der Waals surface area (Å²) in [5.74, 6) is 0.697. The van der Waals surface area contributed by atoms with Gasteiger partial charge in [-0.1, -0.05) is 23.7 Å². The van der Waals surface area contributed by atoms with Crippen molar-refractivity contribution >= 4 is 23.4 Å². The van der Waals surface area contributed by atoms with Gasteiger partial charge in [-0.15, -0.1) is 0 Å². The van der Waals surface area contributed by atoms with Crippen LogP contribution in [0.3, 0.4) is 0 Å². The summed E-state index contributed by atoms with van der Waals surface area (Å²) in [5, 5.41) is 3.70. The molecule has 2 fully saturated rings. The van der Waals surface area contributed by atoms with Crippen LogP contribution in [0.4, 0.5) is 0 Å². The number of amides is 2. The summed E-state index contributed by atoms with van der Waals surface area (Å²) in [7, 11) is 0. The lowest BCUT2D eigenvalue weighted by Crippen LogP contribution is -2.55. The molecule has 2 aliphatic heterocycles. The Morgan fingerprint density at radius 3 is 3.05 bits per heavy atom. The molecule has 2 saturated heterocycles. The maximum absolute atomic E-state index is 12.4. The van der Waals surface area contributed by atoms with Gasteiger partial charge in [0, 0.05) is 30.6 Å². The highest BCUT2D eigenvalue weighted by Gasteiger charge is 2.35. The first-order chi connectivity index (χ1) is 10.1. The third-order valence-corrected chi connectivity index (χ3v) is 4.65. The van der Waals surface area contributed by atoms with Crippen LogP contribution in [-0.2, 0) is 16.0 Å². The molecule has 0 spiro atoms. The fourth-order valence-corrected chi connectivity index (χ4v) is 3.48. The van der Waals surface area contributed by atoms with Crippen molar-refractivity contribution in [1.29, 1.82) is 0 Å². The van der Waals surface area contributed by atoms with Crippen LogP contribution >= 0.6 is 11.6 Å². The van der Waals surface area contributed by atoms with E-state index in [1.807, 2.05) is 29.2 Å². The molecule has 0 bridgehead atoms. The second-order valence-electron chi connectivity index (χ2n) is 5.91. The molecule has 2 unspecified atom stereocenters. The molecular weight excluding hydrogens is 288 g/mol. The van der Waals surface area contributed by atoms with E-state index in [1.165, 1.54) is 0 Å². The molecule has 0 aliphatic carbocycles. The minimum Gasteiger partial charge on any atom is -0.353 e. The Bertz CT molecular complexity index is 561. The van der Waals surface area contributed by atoms with Crippen molar-refractivity contribution in [3.8, 4) is 0 Å². The number of hydrogen-bond acceptors (Lipinski definition) is 2. The van der Waals surface area contributed by atoms with Gasteiger partial charge in [0.2, 0.25) is 11.8 Å². The lowest BCUT2D eigenvalue weighted by atomic mass is 9.85. The molecule has 112 valence electrons. The van der Waals surface area contributed by atoms with Crippen molar-refractivity contribution < 1.29 is 9.59 Å². The molecule has 1 aromatic rings. The van der Waals surface area contributed by atoms with Crippen molar-refractivity contribution in [1.82, 2.24) is 10.2 Å². The van der Waals surface area contributed by atoms with Gasteiger partial charge in [-0.25, -0.2) is 0 Å². The van der Waals surface area contributed by atoms with E-state index in [0.29, 0.717) is 23.8 Å². The van der Waals surface area contributed by atoms with Gasteiger partial charge in [0.25, 0.3) is 0 Å². The summed E-state index contributed by atoms with van der Waals surface area (Å²) >= 11 is 5.95. The molecule has 5 heteroatoms. The molecular formula is C16H19ClN2O2. The molecule has 21 heavy (non-hydrogen) atoms. The van der Waals surface area contributed by atoms with Crippen LogP contribution in [0.5, 0.6) is 0 Å². The second-order valence-corrected chi connectivity index (χ2v) is 6.34. The Balaban J connectivity index is 1.60. The Labute approximate surface area is 129 Å². The number of rotatable bonds is 2. The maximum Gasteiger partial charge on any atom is 0.227 e. The summed E-state index contributed by atoms with van der Waals surface area (Å²) in [4.78, 5) is 25.7. The van der Waals surface area contributed by atoms with Crippen LogP contribution in [0.25, 0.3) is 0 Å². The number of carbonyl (C=O) groups is 2. The third-order valence-electron chi connectivity index (χ3n) is 4.42. The molecule has 3 rings (SSSR count). The van der Waals surface area contributed by atoms with Gasteiger partial charge in [0.05, 0.1) is 6.42 Å². The number of nitrogens with one attached hydrogen (secondary N) is 1. The number of nitrogens with zero attached hydrogens (tertiary/aromatic N) is 1.